The molecule has 1 aromatic carbocycles. The molecule has 0 radical (unpaired) electrons. The Bertz CT molecular complexity index is 287. The number of hydrogen-bond acceptors (Lipinski definition) is 3. The quantitative estimate of drug-likeness (QED) is 0.760. The molecule has 0 atom stereocenters. The Morgan fingerprint density at radius 1 is 1.43 bits per heavy atom. The van der Waals surface area contributed by atoms with Gasteiger partial charge in [-0.05, 0) is 30.2 Å². The minimum atomic E-state index is 0.220. The maximum absolute atomic E-state index is 8.71. The van der Waals surface area contributed by atoms with Gasteiger partial charge in [-0.15, -0.1) is 11.8 Å². The Hall–Kier alpha value is -0.670. The largest absolute Gasteiger partial charge is 0.496 e. The summed E-state index contributed by atoms with van der Waals surface area (Å²) in [4.78, 5) is 1.19. The Morgan fingerprint density at radius 2 is 2.21 bits per heavy atom. The summed E-state index contributed by atoms with van der Waals surface area (Å²) < 4.78 is 5.24. The molecule has 0 spiro atoms. The van der Waals surface area contributed by atoms with Crippen LogP contribution in [0.25, 0.3) is 0 Å². The molecule has 1 aromatic rings. The molecule has 0 aromatic heterocycles. The number of hydrogen-bond donors (Lipinski definition) is 1. The van der Waals surface area contributed by atoms with E-state index in [0.29, 0.717) is 0 Å². The lowest BCUT2D eigenvalue weighted by molar-refractivity contribution is 0.322. The number of aliphatic hydroxyl groups is 1. The first-order valence-electron chi connectivity index (χ1n) is 4.72. The van der Waals surface area contributed by atoms with Crippen LogP contribution in [0.3, 0.4) is 0 Å². The summed E-state index contributed by atoms with van der Waals surface area (Å²) in [6, 6.07) is 6.13. The number of aliphatic hydroxyl groups excluding tert-OH is 1. The number of methoxy groups -OCH3 is 1. The molecule has 0 aliphatic carbocycles. The van der Waals surface area contributed by atoms with Crippen LogP contribution in [-0.4, -0.2) is 24.6 Å². The predicted octanol–water partition coefficient (Wildman–Crippen LogP) is 2.34. The fourth-order valence-electron chi connectivity index (χ4n) is 1.28. The number of aryl methyl sites for hydroxylation is 1. The molecule has 0 aliphatic rings. The molecular weight excluding hydrogens is 196 g/mol. The Morgan fingerprint density at radius 3 is 2.79 bits per heavy atom. The average molecular weight is 212 g/mol. The fourth-order valence-corrected chi connectivity index (χ4v) is 2.00. The van der Waals surface area contributed by atoms with Crippen LogP contribution in [0, 0.1) is 0 Å². The van der Waals surface area contributed by atoms with Crippen molar-refractivity contribution in [3.05, 3.63) is 23.8 Å². The van der Waals surface area contributed by atoms with Gasteiger partial charge in [0, 0.05) is 10.6 Å². The molecule has 0 saturated carbocycles. The Labute approximate surface area is 89.3 Å². The van der Waals surface area contributed by atoms with Crippen molar-refractivity contribution >= 4 is 11.8 Å². The lowest BCUT2D eigenvalue weighted by Crippen LogP contribution is -1.91. The van der Waals surface area contributed by atoms with Crippen LogP contribution in [0.5, 0.6) is 5.75 Å². The average Bonchev–Trinajstić information content (AvgIpc) is 2.25. The molecule has 78 valence electrons. The fraction of sp³-hybridized carbons (Fsp3) is 0.455. The van der Waals surface area contributed by atoms with E-state index in [4.69, 9.17) is 9.84 Å². The standard InChI is InChI=1S/C11H16O2S/c1-3-9-8-10(14-7-6-12)4-5-11(9)13-2/h4-5,8,12H,3,6-7H2,1-2H3. The molecule has 0 unspecified atom stereocenters. The highest BCUT2D eigenvalue weighted by atomic mass is 32.2. The molecule has 0 heterocycles. The molecule has 1 N–H and O–H groups in total. The summed E-state index contributed by atoms with van der Waals surface area (Å²) in [5.41, 5.74) is 1.22. The van der Waals surface area contributed by atoms with E-state index in [0.717, 1.165) is 17.9 Å². The first-order chi connectivity index (χ1) is 6.81. The van der Waals surface area contributed by atoms with Gasteiger partial charge in [0.15, 0.2) is 0 Å². The van der Waals surface area contributed by atoms with Gasteiger partial charge in [-0.3, -0.25) is 0 Å². The third kappa shape index (κ3) is 2.93. The highest BCUT2D eigenvalue weighted by molar-refractivity contribution is 7.99. The van der Waals surface area contributed by atoms with Gasteiger partial charge in [0.05, 0.1) is 13.7 Å². The summed E-state index contributed by atoms with van der Waals surface area (Å²) >= 11 is 1.66. The van der Waals surface area contributed by atoms with Crippen molar-refractivity contribution in [1.82, 2.24) is 0 Å². The number of rotatable bonds is 5. The zero-order chi connectivity index (χ0) is 10.4. The molecule has 0 fully saturated rings. The van der Waals surface area contributed by atoms with Gasteiger partial charge < -0.3 is 9.84 Å². The van der Waals surface area contributed by atoms with E-state index in [-0.39, 0.29) is 6.61 Å². The molecular formula is C11H16O2S. The molecule has 0 amide bonds. The smallest absolute Gasteiger partial charge is 0.122 e. The number of thioether (sulfide) groups is 1. The Balaban J connectivity index is 2.79. The maximum Gasteiger partial charge on any atom is 0.122 e. The second-order valence-corrected chi connectivity index (χ2v) is 4.07. The first kappa shape index (κ1) is 11.4. The molecule has 0 saturated heterocycles. The van der Waals surface area contributed by atoms with Crippen LogP contribution in [-0.2, 0) is 6.42 Å². The molecule has 14 heavy (non-hydrogen) atoms. The third-order valence-corrected chi connectivity index (χ3v) is 2.97. The van der Waals surface area contributed by atoms with Crippen molar-refractivity contribution in [3.63, 3.8) is 0 Å². The van der Waals surface area contributed by atoms with Crippen molar-refractivity contribution in [2.24, 2.45) is 0 Å². The highest BCUT2D eigenvalue weighted by Crippen LogP contribution is 2.26. The summed E-state index contributed by atoms with van der Waals surface area (Å²) in [6.07, 6.45) is 0.969. The second kappa shape index (κ2) is 5.94. The normalized spacial score (nSPS) is 10.2. The lowest BCUT2D eigenvalue weighted by atomic mass is 10.1. The van der Waals surface area contributed by atoms with Gasteiger partial charge in [0.1, 0.15) is 5.75 Å². The molecule has 0 aliphatic heterocycles. The lowest BCUT2D eigenvalue weighted by Gasteiger charge is -2.08. The molecule has 0 bridgehead atoms. The van der Waals surface area contributed by atoms with E-state index in [1.54, 1.807) is 18.9 Å². The predicted molar refractivity (Wildman–Crippen MR) is 60.2 cm³/mol. The van der Waals surface area contributed by atoms with E-state index >= 15 is 0 Å². The van der Waals surface area contributed by atoms with Gasteiger partial charge >= 0.3 is 0 Å². The van der Waals surface area contributed by atoms with Crippen LogP contribution in [0.15, 0.2) is 23.1 Å². The summed E-state index contributed by atoms with van der Waals surface area (Å²) in [5.74, 6) is 1.69. The SMILES string of the molecule is CCc1cc(SCCO)ccc1OC. The first-order valence-corrected chi connectivity index (χ1v) is 5.71. The van der Waals surface area contributed by atoms with E-state index in [1.165, 1.54) is 10.5 Å². The minimum Gasteiger partial charge on any atom is -0.496 e. The number of ether oxygens (including phenoxy) is 1. The van der Waals surface area contributed by atoms with Crippen molar-refractivity contribution < 1.29 is 9.84 Å². The minimum absolute atomic E-state index is 0.220. The zero-order valence-corrected chi connectivity index (χ0v) is 9.43. The van der Waals surface area contributed by atoms with E-state index < -0.39 is 0 Å². The van der Waals surface area contributed by atoms with E-state index in [2.05, 4.69) is 13.0 Å². The van der Waals surface area contributed by atoms with Crippen molar-refractivity contribution in [3.8, 4) is 5.75 Å². The van der Waals surface area contributed by atoms with Crippen molar-refractivity contribution in [2.45, 2.75) is 18.2 Å². The summed E-state index contributed by atoms with van der Waals surface area (Å²) in [5, 5.41) is 8.71. The maximum atomic E-state index is 8.71. The summed E-state index contributed by atoms with van der Waals surface area (Å²) in [7, 11) is 1.69. The van der Waals surface area contributed by atoms with Crippen LogP contribution in [0.2, 0.25) is 0 Å². The van der Waals surface area contributed by atoms with E-state index in [1.807, 2.05) is 12.1 Å². The van der Waals surface area contributed by atoms with E-state index in [9.17, 15) is 0 Å². The third-order valence-electron chi connectivity index (χ3n) is 1.99. The van der Waals surface area contributed by atoms with Crippen molar-refractivity contribution in [2.75, 3.05) is 19.5 Å². The monoisotopic (exact) mass is 212 g/mol. The van der Waals surface area contributed by atoms with Crippen LogP contribution < -0.4 is 4.74 Å². The van der Waals surface area contributed by atoms with Gasteiger partial charge in [-0.1, -0.05) is 6.92 Å². The van der Waals surface area contributed by atoms with Crippen LogP contribution in [0.1, 0.15) is 12.5 Å². The topological polar surface area (TPSA) is 29.5 Å². The van der Waals surface area contributed by atoms with Gasteiger partial charge in [0.25, 0.3) is 0 Å². The second-order valence-electron chi connectivity index (χ2n) is 2.90. The van der Waals surface area contributed by atoms with Crippen LogP contribution in [0.4, 0.5) is 0 Å². The summed E-state index contributed by atoms with van der Waals surface area (Å²) in [6.45, 7) is 2.33. The Kier molecular flexibility index (Phi) is 4.84. The van der Waals surface area contributed by atoms with Crippen LogP contribution >= 0.6 is 11.8 Å². The van der Waals surface area contributed by atoms with Gasteiger partial charge in [-0.25, -0.2) is 0 Å². The van der Waals surface area contributed by atoms with Gasteiger partial charge in [0.2, 0.25) is 0 Å². The molecule has 1 rings (SSSR count). The molecule has 3 heteroatoms. The molecule has 2 nitrogen and oxygen atoms in total. The van der Waals surface area contributed by atoms with Crippen molar-refractivity contribution in [1.29, 1.82) is 0 Å². The van der Waals surface area contributed by atoms with Gasteiger partial charge in [-0.2, -0.15) is 0 Å². The highest BCUT2D eigenvalue weighted by Gasteiger charge is 2.02. The number of benzene rings is 1. The zero-order valence-electron chi connectivity index (χ0n) is 8.62.